The third-order valence-electron chi connectivity index (χ3n) is 3.89. The van der Waals surface area contributed by atoms with Gasteiger partial charge < -0.3 is 5.32 Å². The summed E-state index contributed by atoms with van der Waals surface area (Å²) in [4.78, 5) is 4.09. The Labute approximate surface area is 151 Å². The van der Waals surface area contributed by atoms with Gasteiger partial charge in [-0.15, -0.1) is 0 Å². The number of aromatic nitrogens is 3. The first-order chi connectivity index (χ1) is 12.3. The second-order valence-electron chi connectivity index (χ2n) is 6.01. The van der Waals surface area contributed by atoms with Crippen molar-refractivity contribution in [3.8, 4) is 5.69 Å². The van der Waals surface area contributed by atoms with Crippen LogP contribution >= 0.6 is 0 Å². The molecule has 0 aliphatic heterocycles. The third-order valence-corrected chi connectivity index (χ3v) is 5.59. The minimum Gasteiger partial charge on any atom is -0.314 e. The lowest BCUT2D eigenvalue weighted by molar-refractivity contribution is 0.575. The Morgan fingerprint density at radius 1 is 1.15 bits per heavy atom. The molecule has 2 aromatic heterocycles. The average molecular weight is 374 g/mol. The highest BCUT2D eigenvalue weighted by molar-refractivity contribution is 7.91. The maximum absolute atomic E-state index is 14.5. The van der Waals surface area contributed by atoms with E-state index in [1.807, 2.05) is 0 Å². The van der Waals surface area contributed by atoms with Crippen LogP contribution in [0.2, 0.25) is 0 Å². The standard InChI is InChI=1S/C18H19FN4O2S/c1-12-4-7-17(16(19)8-12)23-18(9-14(22-23)10-20-3)26(24,25)15-6-5-13(2)21-11-15/h4-9,11,20H,10H2,1-3H3. The van der Waals surface area contributed by atoms with Crippen molar-refractivity contribution >= 4 is 9.84 Å². The molecule has 0 amide bonds. The molecule has 26 heavy (non-hydrogen) atoms. The molecule has 1 N–H and O–H groups in total. The van der Waals surface area contributed by atoms with E-state index >= 15 is 0 Å². The molecule has 0 atom stereocenters. The third kappa shape index (κ3) is 3.38. The van der Waals surface area contributed by atoms with Crippen molar-refractivity contribution in [2.45, 2.75) is 30.3 Å². The highest BCUT2D eigenvalue weighted by atomic mass is 32.2. The van der Waals surface area contributed by atoms with Gasteiger partial charge in [0, 0.05) is 24.5 Å². The molecule has 0 spiro atoms. The van der Waals surface area contributed by atoms with Crippen molar-refractivity contribution in [3.63, 3.8) is 0 Å². The lowest BCUT2D eigenvalue weighted by Gasteiger charge is -2.10. The Morgan fingerprint density at radius 2 is 1.92 bits per heavy atom. The normalized spacial score (nSPS) is 11.7. The van der Waals surface area contributed by atoms with Crippen LogP contribution in [0.1, 0.15) is 17.0 Å². The molecular formula is C18H19FN4O2S. The van der Waals surface area contributed by atoms with Crippen molar-refractivity contribution in [2.24, 2.45) is 0 Å². The highest BCUT2D eigenvalue weighted by Crippen LogP contribution is 2.26. The minimum absolute atomic E-state index is 0.0350. The van der Waals surface area contributed by atoms with Gasteiger partial charge in [-0.2, -0.15) is 5.10 Å². The monoisotopic (exact) mass is 374 g/mol. The van der Waals surface area contributed by atoms with Gasteiger partial charge in [-0.05, 0) is 50.7 Å². The number of nitrogens with one attached hydrogen (secondary N) is 1. The largest absolute Gasteiger partial charge is 0.314 e. The molecule has 0 radical (unpaired) electrons. The molecule has 0 bridgehead atoms. The predicted molar refractivity (Wildman–Crippen MR) is 95.4 cm³/mol. The quantitative estimate of drug-likeness (QED) is 0.743. The zero-order chi connectivity index (χ0) is 18.9. The summed E-state index contributed by atoms with van der Waals surface area (Å²) in [6.45, 7) is 3.89. The number of nitrogens with zero attached hydrogens (tertiary/aromatic N) is 3. The summed E-state index contributed by atoms with van der Waals surface area (Å²) in [6, 6.07) is 9.13. The fourth-order valence-electron chi connectivity index (χ4n) is 2.56. The van der Waals surface area contributed by atoms with Crippen LogP contribution in [0.25, 0.3) is 5.69 Å². The van der Waals surface area contributed by atoms with Gasteiger partial charge in [0.25, 0.3) is 0 Å². The van der Waals surface area contributed by atoms with Gasteiger partial charge in [0.05, 0.1) is 10.6 Å². The summed E-state index contributed by atoms with van der Waals surface area (Å²) in [5.74, 6) is -0.539. The van der Waals surface area contributed by atoms with Gasteiger partial charge in [-0.3, -0.25) is 4.98 Å². The van der Waals surface area contributed by atoms with Crippen molar-refractivity contribution in [1.82, 2.24) is 20.1 Å². The van der Waals surface area contributed by atoms with Crippen molar-refractivity contribution < 1.29 is 12.8 Å². The zero-order valence-corrected chi connectivity index (χ0v) is 15.5. The van der Waals surface area contributed by atoms with E-state index in [1.165, 1.54) is 30.5 Å². The SMILES string of the molecule is CNCc1cc(S(=O)(=O)c2ccc(C)nc2)n(-c2ccc(C)cc2F)n1. The molecule has 0 aliphatic rings. The predicted octanol–water partition coefficient (Wildman–Crippen LogP) is 2.58. The van der Waals surface area contributed by atoms with E-state index in [0.717, 1.165) is 10.2 Å². The van der Waals surface area contributed by atoms with E-state index in [2.05, 4.69) is 15.4 Å². The Morgan fingerprint density at radius 3 is 2.54 bits per heavy atom. The highest BCUT2D eigenvalue weighted by Gasteiger charge is 2.26. The summed E-state index contributed by atoms with van der Waals surface area (Å²) >= 11 is 0. The van der Waals surface area contributed by atoms with Gasteiger partial charge in [0.1, 0.15) is 11.5 Å². The van der Waals surface area contributed by atoms with Gasteiger partial charge in [-0.25, -0.2) is 17.5 Å². The molecule has 0 fully saturated rings. The number of benzene rings is 1. The number of hydrogen-bond donors (Lipinski definition) is 1. The van der Waals surface area contributed by atoms with E-state index in [4.69, 9.17) is 0 Å². The van der Waals surface area contributed by atoms with Crippen molar-refractivity contribution in [1.29, 1.82) is 0 Å². The Hall–Kier alpha value is -2.58. The van der Waals surface area contributed by atoms with Crippen LogP contribution in [0, 0.1) is 19.7 Å². The maximum atomic E-state index is 14.5. The first-order valence-corrected chi connectivity index (χ1v) is 9.49. The van der Waals surface area contributed by atoms with E-state index in [0.29, 0.717) is 17.9 Å². The van der Waals surface area contributed by atoms with Crippen molar-refractivity contribution in [2.75, 3.05) is 7.05 Å². The van der Waals surface area contributed by atoms with Gasteiger partial charge in [-0.1, -0.05) is 6.07 Å². The van der Waals surface area contributed by atoms with E-state index in [9.17, 15) is 12.8 Å². The second kappa shape index (κ2) is 6.97. The number of halogens is 1. The summed E-state index contributed by atoms with van der Waals surface area (Å²) in [7, 11) is -2.19. The van der Waals surface area contributed by atoms with Gasteiger partial charge in [0.15, 0.2) is 5.03 Å². The van der Waals surface area contributed by atoms with Crippen LogP contribution in [0.3, 0.4) is 0 Å². The topological polar surface area (TPSA) is 76.9 Å². The first-order valence-electron chi connectivity index (χ1n) is 8.01. The fraction of sp³-hybridized carbons (Fsp3) is 0.222. The van der Waals surface area contributed by atoms with E-state index in [-0.39, 0.29) is 15.6 Å². The Bertz CT molecular complexity index is 1040. The molecule has 1 aromatic carbocycles. The molecule has 2 heterocycles. The van der Waals surface area contributed by atoms with Crippen molar-refractivity contribution in [3.05, 3.63) is 65.4 Å². The summed E-state index contributed by atoms with van der Waals surface area (Å²) in [5, 5.41) is 7.11. The second-order valence-corrected chi connectivity index (χ2v) is 7.91. The molecule has 8 heteroatoms. The molecule has 0 saturated carbocycles. The molecule has 6 nitrogen and oxygen atoms in total. The minimum atomic E-state index is -3.92. The number of hydrogen-bond acceptors (Lipinski definition) is 5. The number of aryl methyl sites for hydroxylation is 2. The number of sulfone groups is 1. The number of rotatable bonds is 5. The van der Waals surface area contributed by atoms with Crippen LogP contribution in [0.5, 0.6) is 0 Å². The molecule has 3 aromatic rings. The average Bonchev–Trinajstić information content (AvgIpc) is 3.00. The number of pyridine rings is 1. The van der Waals surface area contributed by atoms with E-state index < -0.39 is 15.7 Å². The maximum Gasteiger partial charge on any atom is 0.225 e. The molecule has 0 saturated heterocycles. The fourth-order valence-corrected chi connectivity index (χ4v) is 3.90. The molecule has 136 valence electrons. The summed E-state index contributed by atoms with van der Waals surface area (Å²) in [5.41, 5.74) is 2.02. The summed E-state index contributed by atoms with van der Waals surface area (Å²) in [6.07, 6.45) is 1.30. The Balaban J connectivity index is 2.21. The lowest BCUT2D eigenvalue weighted by atomic mass is 10.2. The van der Waals surface area contributed by atoms with Gasteiger partial charge >= 0.3 is 0 Å². The zero-order valence-electron chi connectivity index (χ0n) is 14.7. The van der Waals surface area contributed by atoms with Gasteiger partial charge in [0.2, 0.25) is 9.84 Å². The van der Waals surface area contributed by atoms with Crippen LogP contribution in [-0.2, 0) is 16.4 Å². The molecule has 3 rings (SSSR count). The van der Waals surface area contributed by atoms with E-state index in [1.54, 1.807) is 33.0 Å². The smallest absolute Gasteiger partial charge is 0.225 e. The van der Waals surface area contributed by atoms with Crippen LogP contribution in [0.15, 0.2) is 52.5 Å². The van der Waals surface area contributed by atoms with Crippen LogP contribution in [-0.4, -0.2) is 30.2 Å². The first kappa shape index (κ1) is 18.2. The van der Waals surface area contributed by atoms with Crippen LogP contribution in [0.4, 0.5) is 4.39 Å². The summed E-state index contributed by atoms with van der Waals surface area (Å²) < 4.78 is 41.8. The Kier molecular flexibility index (Phi) is 4.88. The molecule has 0 aliphatic carbocycles. The molecule has 0 unspecified atom stereocenters. The lowest BCUT2D eigenvalue weighted by Crippen LogP contribution is -2.12. The molecular weight excluding hydrogens is 355 g/mol. The van der Waals surface area contributed by atoms with Crippen LogP contribution < -0.4 is 5.32 Å².